The van der Waals surface area contributed by atoms with Crippen LogP contribution in [0.25, 0.3) is 12.2 Å². The summed E-state index contributed by atoms with van der Waals surface area (Å²) in [6.07, 6.45) is 5.34. The molecule has 2 rings (SSSR count). The zero-order valence-electron chi connectivity index (χ0n) is 12.7. The summed E-state index contributed by atoms with van der Waals surface area (Å²) in [5.41, 5.74) is 1.50. The Hall–Kier alpha value is -2.60. The molecule has 0 fully saturated rings. The minimum Gasteiger partial charge on any atom is -0.493 e. The molecular weight excluding hydrogens is 314 g/mol. The molecule has 0 saturated heterocycles. The average Bonchev–Trinajstić information content (AvgIpc) is 2.97. The molecule has 1 heterocycles. The topological polar surface area (TPSA) is 68.7 Å². The van der Waals surface area contributed by atoms with Crippen molar-refractivity contribution in [2.24, 2.45) is 0 Å². The highest BCUT2D eigenvalue weighted by Gasteiger charge is 2.06. The van der Waals surface area contributed by atoms with Crippen molar-refractivity contribution < 1.29 is 19.4 Å². The number of aliphatic carboxylic acids is 1. The molecule has 0 aliphatic heterocycles. The molecule has 0 unspecified atom stereocenters. The van der Waals surface area contributed by atoms with Crippen molar-refractivity contribution in [1.29, 1.82) is 0 Å². The van der Waals surface area contributed by atoms with Crippen LogP contribution in [0.15, 0.2) is 36.2 Å². The smallest absolute Gasteiger partial charge is 0.309 e. The first-order valence-corrected chi connectivity index (χ1v) is 7.76. The maximum atomic E-state index is 10.6. The molecule has 1 aromatic heterocycles. The first-order valence-electron chi connectivity index (χ1n) is 6.88. The molecule has 0 aliphatic rings. The lowest BCUT2D eigenvalue weighted by Crippen LogP contribution is -1.99. The second-order valence-corrected chi connectivity index (χ2v) is 5.48. The van der Waals surface area contributed by atoms with Crippen molar-refractivity contribution in [3.8, 4) is 11.5 Å². The van der Waals surface area contributed by atoms with E-state index < -0.39 is 5.97 Å². The number of hydrogen-bond acceptors (Lipinski definition) is 5. The van der Waals surface area contributed by atoms with Crippen LogP contribution in [-0.4, -0.2) is 29.8 Å². The number of methoxy groups -OCH3 is 1. The van der Waals surface area contributed by atoms with Crippen molar-refractivity contribution in [2.45, 2.75) is 6.42 Å². The summed E-state index contributed by atoms with van der Waals surface area (Å²) >= 11 is 1.41. The van der Waals surface area contributed by atoms with Crippen LogP contribution in [0.3, 0.4) is 0 Å². The fourth-order valence-electron chi connectivity index (χ4n) is 1.86. The van der Waals surface area contributed by atoms with E-state index in [-0.39, 0.29) is 6.42 Å². The van der Waals surface area contributed by atoms with Gasteiger partial charge in [0, 0.05) is 5.38 Å². The van der Waals surface area contributed by atoms with Crippen molar-refractivity contribution in [3.05, 3.63) is 52.5 Å². The van der Waals surface area contributed by atoms with Crippen LogP contribution in [-0.2, 0) is 11.2 Å². The molecule has 120 valence electrons. The summed E-state index contributed by atoms with van der Waals surface area (Å²) in [5.74, 6) is 0.410. The quantitative estimate of drug-likeness (QED) is 0.750. The fourth-order valence-corrected chi connectivity index (χ4v) is 2.57. The van der Waals surface area contributed by atoms with E-state index in [1.54, 1.807) is 18.6 Å². The van der Waals surface area contributed by atoms with Gasteiger partial charge in [-0.2, -0.15) is 0 Å². The molecule has 5 nitrogen and oxygen atoms in total. The number of aromatic nitrogens is 1. The second kappa shape index (κ2) is 8.14. The van der Waals surface area contributed by atoms with E-state index in [0.717, 1.165) is 10.6 Å². The van der Waals surface area contributed by atoms with Gasteiger partial charge in [-0.1, -0.05) is 24.8 Å². The SMILES string of the molecule is C=CCOc1ccc(/C=C/c2nc(CC(=O)O)cs2)cc1OC. The Morgan fingerprint density at radius 2 is 2.22 bits per heavy atom. The maximum Gasteiger partial charge on any atom is 0.309 e. The molecular formula is C17H17NO4S. The molecule has 0 bridgehead atoms. The van der Waals surface area contributed by atoms with Crippen molar-refractivity contribution in [1.82, 2.24) is 4.98 Å². The van der Waals surface area contributed by atoms with Crippen LogP contribution >= 0.6 is 11.3 Å². The molecule has 6 heteroatoms. The van der Waals surface area contributed by atoms with Gasteiger partial charge < -0.3 is 14.6 Å². The number of hydrogen-bond donors (Lipinski definition) is 1. The van der Waals surface area contributed by atoms with E-state index in [4.69, 9.17) is 14.6 Å². The lowest BCUT2D eigenvalue weighted by molar-refractivity contribution is -0.136. The molecule has 2 aromatic rings. The van der Waals surface area contributed by atoms with Crippen LogP contribution in [0.5, 0.6) is 11.5 Å². The molecule has 0 atom stereocenters. The summed E-state index contributed by atoms with van der Waals surface area (Å²) < 4.78 is 10.8. The first-order chi connectivity index (χ1) is 11.1. The lowest BCUT2D eigenvalue weighted by atomic mass is 10.2. The van der Waals surface area contributed by atoms with Gasteiger partial charge in [0.25, 0.3) is 0 Å². The highest BCUT2D eigenvalue weighted by atomic mass is 32.1. The van der Waals surface area contributed by atoms with Gasteiger partial charge in [-0.3, -0.25) is 4.79 Å². The minimum absolute atomic E-state index is 0.0620. The average molecular weight is 331 g/mol. The number of ether oxygens (including phenoxy) is 2. The number of benzene rings is 1. The summed E-state index contributed by atoms with van der Waals surface area (Å²) in [5, 5.41) is 11.3. The number of carboxylic acid groups (broad SMARTS) is 1. The third-order valence-corrected chi connectivity index (χ3v) is 3.72. The van der Waals surface area contributed by atoms with E-state index >= 15 is 0 Å². The number of carbonyl (C=O) groups is 1. The predicted molar refractivity (Wildman–Crippen MR) is 91.1 cm³/mol. The lowest BCUT2D eigenvalue weighted by Gasteiger charge is -2.09. The zero-order valence-corrected chi connectivity index (χ0v) is 13.5. The van der Waals surface area contributed by atoms with E-state index in [1.807, 2.05) is 30.4 Å². The number of carboxylic acids is 1. The van der Waals surface area contributed by atoms with E-state index in [0.29, 0.717) is 23.8 Å². The van der Waals surface area contributed by atoms with Crippen molar-refractivity contribution in [2.75, 3.05) is 13.7 Å². The Balaban J connectivity index is 2.11. The standard InChI is InChI=1S/C17H17NO4S/c1-3-8-22-14-6-4-12(9-15(14)21-2)5-7-16-18-13(11-23-16)10-17(19)20/h3-7,9,11H,1,8,10H2,2H3,(H,19,20)/b7-5+. The molecule has 1 aromatic carbocycles. The summed E-state index contributed by atoms with van der Waals surface area (Å²) in [7, 11) is 1.59. The van der Waals surface area contributed by atoms with Gasteiger partial charge in [-0.25, -0.2) is 4.98 Å². The molecule has 0 spiro atoms. The molecule has 0 aliphatic carbocycles. The molecule has 1 N–H and O–H groups in total. The Morgan fingerprint density at radius 1 is 1.39 bits per heavy atom. The van der Waals surface area contributed by atoms with Gasteiger partial charge >= 0.3 is 5.97 Å². The van der Waals surface area contributed by atoms with Crippen LogP contribution in [0.4, 0.5) is 0 Å². The van der Waals surface area contributed by atoms with Gasteiger partial charge in [0.2, 0.25) is 0 Å². The van der Waals surface area contributed by atoms with Crippen LogP contribution in [0.1, 0.15) is 16.3 Å². The summed E-state index contributed by atoms with van der Waals surface area (Å²) in [6, 6.07) is 5.60. The molecule has 0 amide bonds. The van der Waals surface area contributed by atoms with Gasteiger partial charge in [0.05, 0.1) is 19.2 Å². The van der Waals surface area contributed by atoms with Crippen LogP contribution in [0.2, 0.25) is 0 Å². The van der Waals surface area contributed by atoms with E-state index in [9.17, 15) is 4.79 Å². The predicted octanol–water partition coefficient (Wildman–Crippen LogP) is 3.51. The van der Waals surface area contributed by atoms with E-state index in [2.05, 4.69) is 11.6 Å². The summed E-state index contributed by atoms with van der Waals surface area (Å²) in [4.78, 5) is 14.9. The minimum atomic E-state index is -0.884. The first kappa shape index (κ1) is 16.8. The fraction of sp³-hybridized carbons (Fsp3) is 0.176. The van der Waals surface area contributed by atoms with Gasteiger partial charge in [0.15, 0.2) is 11.5 Å². The third kappa shape index (κ3) is 4.96. The van der Waals surface area contributed by atoms with Gasteiger partial charge in [0.1, 0.15) is 11.6 Å². The van der Waals surface area contributed by atoms with E-state index in [1.165, 1.54) is 11.3 Å². The summed E-state index contributed by atoms with van der Waals surface area (Å²) in [6.45, 7) is 4.03. The van der Waals surface area contributed by atoms with Crippen molar-refractivity contribution >= 4 is 29.5 Å². The second-order valence-electron chi connectivity index (χ2n) is 4.59. The highest BCUT2D eigenvalue weighted by molar-refractivity contribution is 7.10. The third-order valence-electron chi connectivity index (χ3n) is 2.86. The van der Waals surface area contributed by atoms with Crippen LogP contribution in [0, 0.1) is 0 Å². The molecule has 0 saturated carbocycles. The highest BCUT2D eigenvalue weighted by Crippen LogP contribution is 2.29. The van der Waals surface area contributed by atoms with Gasteiger partial charge in [-0.05, 0) is 23.8 Å². The Kier molecular flexibility index (Phi) is 5.94. The maximum absolute atomic E-state index is 10.6. The monoisotopic (exact) mass is 331 g/mol. The largest absolute Gasteiger partial charge is 0.493 e. The molecule has 23 heavy (non-hydrogen) atoms. The normalized spacial score (nSPS) is 10.7. The Morgan fingerprint density at radius 3 is 2.91 bits per heavy atom. The Labute approximate surface area is 138 Å². The van der Waals surface area contributed by atoms with Crippen LogP contribution < -0.4 is 9.47 Å². The molecule has 0 radical (unpaired) electrons. The number of nitrogens with zero attached hydrogens (tertiary/aromatic N) is 1. The van der Waals surface area contributed by atoms with Gasteiger partial charge in [-0.15, -0.1) is 11.3 Å². The Bertz CT molecular complexity index is 721. The zero-order chi connectivity index (χ0) is 16.7. The number of rotatable bonds is 8. The number of thiazole rings is 1. The van der Waals surface area contributed by atoms with Crippen molar-refractivity contribution in [3.63, 3.8) is 0 Å².